The fourth-order valence-electron chi connectivity index (χ4n) is 3.99. The second-order valence-electron chi connectivity index (χ2n) is 8.29. The van der Waals surface area contributed by atoms with E-state index in [-0.39, 0.29) is 11.0 Å². The molecule has 0 bridgehead atoms. The molecule has 0 saturated carbocycles. The number of carboxylic acid groups (broad SMARTS) is 1. The molecule has 29 heavy (non-hydrogen) atoms. The van der Waals surface area contributed by atoms with E-state index < -0.39 is 5.97 Å². The molecule has 5 nitrogen and oxygen atoms in total. The molecule has 0 aromatic carbocycles. The molecule has 0 saturated heterocycles. The second kappa shape index (κ2) is 16.3. The third-order valence-corrected chi connectivity index (χ3v) is 5.73. The first-order chi connectivity index (χ1) is 14.1. The van der Waals surface area contributed by atoms with Crippen LogP contribution in [0.25, 0.3) is 0 Å². The van der Waals surface area contributed by atoms with Gasteiger partial charge in [-0.1, -0.05) is 89.7 Å². The van der Waals surface area contributed by atoms with Crippen molar-refractivity contribution in [2.75, 3.05) is 19.6 Å². The number of quaternary nitrogens is 1. The molecule has 1 atom stereocenters. The van der Waals surface area contributed by atoms with Gasteiger partial charge in [0.15, 0.2) is 6.54 Å². The number of unbranched alkanes of at least 4 members (excludes halogenated alkanes) is 12. The minimum Gasteiger partial charge on any atom is -0.477 e. The number of amidine groups is 1. The Morgan fingerprint density at radius 3 is 2.14 bits per heavy atom. The third kappa shape index (κ3) is 11.3. The summed E-state index contributed by atoms with van der Waals surface area (Å²) in [6.07, 6.45) is 26.2. The number of rotatable bonds is 19. The molecule has 1 heterocycles. The Morgan fingerprint density at radius 2 is 1.59 bits per heavy atom. The fraction of sp³-hybridized carbons (Fsp3) is 0.750. The van der Waals surface area contributed by atoms with Gasteiger partial charge >= 0.3 is 5.97 Å². The van der Waals surface area contributed by atoms with E-state index in [1.54, 1.807) is 6.20 Å². The molecule has 1 aliphatic rings. The predicted octanol–water partition coefficient (Wildman–Crippen LogP) is 5.77. The molecule has 166 valence electrons. The van der Waals surface area contributed by atoms with Crippen molar-refractivity contribution in [3.05, 3.63) is 24.6 Å². The van der Waals surface area contributed by atoms with E-state index in [1.807, 2.05) is 6.20 Å². The molecule has 0 spiro atoms. The predicted molar refractivity (Wildman–Crippen MR) is 123 cm³/mol. The smallest absolute Gasteiger partial charge is 0.360 e. The van der Waals surface area contributed by atoms with Crippen LogP contribution in [0.5, 0.6) is 0 Å². The summed E-state index contributed by atoms with van der Waals surface area (Å²) < 4.78 is 0.259. The zero-order valence-electron chi connectivity index (χ0n) is 18.7. The van der Waals surface area contributed by atoms with Crippen molar-refractivity contribution >= 4 is 11.8 Å². The molecule has 0 aromatic heterocycles. The lowest BCUT2D eigenvalue weighted by Gasteiger charge is -2.29. The minimum atomic E-state index is -0.821. The average molecular weight is 407 g/mol. The highest BCUT2D eigenvalue weighted by atomic mass is 16.4. The maximum atomic E-state index is 11.2. The SMILES string of the molecule is CCCCCCCCCCCCCC/C=C/CC1=NC=C[N+]1(CCN)CC(=O)O. The van der Waals surface area contributed by atoms with Gasteiger partial charge in [0, 0.05) is 6.54 Å². The lowest BCUT2D eigenvalue weighted by molar-refractivity contribution is -0.777. The van der Waals surface area contributed by atoms with Crippen molar-refractivity contribution in [3.8, 4) is 0 Å². The van der Waals surface area contributed by atoms with E-state index >= 15 is 0 Å². The van der Waals surface area contributed by atoms with E-state index in [9.17, 15) is 9.90 Å². The third-order valence-electron chi connectivity index (χ3n) is 5.73. The van der Waals surface area contributed by atoms with Gasteiger partial charge in [-0.15, -0.1) is 0 Å². The van der Waals surface area contributed by atoms with Crippen molar-refractivity contribution < 1.29 is 14.4 Å². The van der Waals surface area contributed by atoms with Gasteiger partial charge in [0.2, 0.25) is 5.84 Å². The molecule has 1 aliphatic heterocycles. The first-order valence-electron chi connectivity index (χ1n) is 11.8. The second-order valence-corrected chi connectivity index (χ2v) is 8.29. The molecule has 0 aromatic rings. The number of nitrogens with zero attached hydrogens (tertiary/aromatic N) is 2. The minimum absolute atomic E-state index is 0.0130. The number of carbonyl (C=O) groups is 1. The first kappa shape index (κ1) is 25.6. The van der Waals surface area contributed by atoms with Crippen LogP contribution in [0.1, 0.15) is 96.8 Å². The van der Waals surface area contributed by atoms with E-state index in [2.05, 4.69) is 24.1 Å². The van der Waals surface area contributed by atoms with Gasteiger partial charge in [-0.2, -0.15) is 0 Å². The van der Waals surface area contributed by atoms with Crippen LogP contribution in [0.15, 0.2) is 29.5 Å². The van der Waals surface area contributed by atoms with Gasteiger partial charge in [0.25, 0.3) is 0 Å². The highest BCUT2D eigenvalue weighted by molar-refractivity contribution is 5.82. The highest BCUT2D eigenvalue weighted by Crippen LogP contribution is 2.19. The number of nitrogens with two attached hydrogens (primary N) is 1. The van der Waals surface area contributed by atoms with Gasteiger partial charge in [-0.3, -0.25) is 0 Å². The van der Waals surface area contributed by atoms with Crippen LogP contribution in [-0.2, 0) is 4.79 Å². The van der Waals surface area contributed by atoms with Gasteiger partial charge in [0.05, 0.1) is 12.6 Å². The van der Waals surface area contributed by atoms with Gasteiger partial charge in [-0.05, 0) is 12.8 Å². The van der Waals surface area contributed by atoms with Crippen molar-refractivity contribution in [1.29, 1.82) is 0 Å². The van der Waals surface area contributed by atoms with Crippen molar-refractivity contribution in [2.45, 2.75) is 96.8 Å². The Labute approximate surface area is 178 Å². The number of hydrogen-bond acceptors (Lipinski definition) is 3. The largest absolute Gasteiger partial charge is 0.477 e. The van der Waals surface area contributed by atoms with E-state index in [0.29, 0.717) is 19.5 Å². The Kier molecular flexibility index (Phi) is 14.4. The molecule has 0 fully saturated rings. The van der Waals surface area contributed by atoms with Crippen LogP contribution in [0.3, 0.4) is 0 Å². The van der Waals surface area contributed by atoms with Crippen LogP contribution in [-0.4, -0.2) is 41.0 Å². The Hall–Kier alpha value is -1.46. The summed E-state index contributed by atoms with van der Waals surface area (Å²) in [7, 11) is 0. The summed E-state index contributed by atoms with van der Waals surface area (Å²) in [6.45, 7) is 3.31. The van der Waals surface area contributed by atoms with E-state index in [0.717, 1.165) is 12.3 Å². The summed E-state index contributed by atoms with van der Waals surface area (Å²) >= 11 is 0. The lowest BCUT2D eigenvalue weighted by atomic mass is 10.0. The maximum Gasteiger partial charge on any atom is 0.360 e. The number of aliphatic carboxylic acids is 1. The van der Waals surface area contributed by atoms with Gasteiger partial charge in [0.1, 0.15) is 12.7 Å². The zero-order valence-corrected chi connectivity index (χ0v) is 18.7. The molecule has 1 unspecified atom stereocenters. The first-order valence-corrected chi connectivity index (χ1v) is 11.8. The summed E-state index contributed by atoms with van der Waals surface area (Å²) in [4.78, 5) is 15.6. The zero-order chi connectivity index (χ0) is 21.2. The number of hydrogen-bond donors (Lipinski definition) is 2. The van der Waals surface area contributed by atoms with Crippen molar-refractivity contribution in [3.63, 3.8) is 0 Å². The van der Waals surface area contributed by atoms with Crippen LogP contribution < -0.4 is 5.73 Å². The molecule has 5 heteroatoms. The monoisotopic (exact) mass is 406 g/mol. The average Bonchev–Trinajstić information content (AvgIpc) is 3.06. The van der Waals surface area contributed by atoms with Crippen LogP contribution in [0, 0.1) is 0 Å². The molecular formula is C24H44N3O2+. The molecule has 0 radical (unpaired) electrons. The van der Waals surface area contributed by atoms with Crippen LogP contribution >= 0.6 is 0 Å². The summed E-state index contributed by atoms with van der Waals surface area (Å²) in [5, 5.41) is 9.22. The van der Waals surface area contributed by atoms with Crippen molar-refractivity contribution in [1.82, 2.24) is 0 Å². The number of allylic oxidation sites excluding steroid dienone is 1. The Balaban J connectivity index is 2.06. The standard InChI is InChI=1S/C24H43N3O2/c1-2-3-4-5-6-7-8-9-10-11-12-13-14-15-16-17-23-26-19-21-27(23,20-18-25)22-24(28)29/h15-16,19,21H,2-14,17-18,20,22,25H2,1H3/p+1/b16-15+. The summed E-state index contributed by atoms with van der Waals surface area (Å²) in [5.74, 6) is 0.0574. The molecule has 0 aliphatic carbocycles. The summed E-state index contributed by atoms with van der Waals surface area (Å²) in [5.41, 5.74) is 5.70. The topological polar surface area (TPSA) is 75.7 Å². The Bertz CT molecular complexity index is 528. The molecule has 1 rings (SSSR count). The van der Waals surface area contributed by atoms with E-state index in [1.165, 1.54) is 77.0 Å². The van der Waals surface area contributed by atoms with E-state index in [4.69, 9.17) is 5.73 Å². The normalized spacial score (nSPS) is 18.6. The summed E-state index contributed by atoms with van der Waals surface area (Å²) in [6, 6.07) is 0. The van der Waals surface area contributed by atoms with Crippen molar-refractivity contribution in [2.24, 2.45) is 10.7 Å². The Morgan fingerprint density at radius 1 is 1.00 bits per heavy atom. The van der Waals surface area contributed by atoms with Gasteiger partial charge in [-0.25, -0.2) is 14.3 Å². The molecular weight excluding hydrogens is 362 g/mol. The number of carboxylic acids is 1. The quantitative estimate of drug-likeness (QED) is 0.162. The molecule has 0 amide bonds. The van der Waals surface area contributed by atoms with Crippen LogP contribution in [0.4, 0.5) is 0 Å². The lowest BCUT2D eigenvalue weighted by Crippen LogP contribution is -2.52. The van der Waals surface area contributed by atoms with Crippen LogP contribution in [0.2, 0.25) is 0 Å². The fourth-order valence-corrected chi connectivity index (χ4v) is 3.99. The highest BCUT2D eigenvalue weighted by Gasteiger charge is 2.36. The molecule has 3 N–H and O–H groups in total. The number of aliphatic imine (C=N–C) groups is 1. The maximum absolute atomic E-state index is 11.2. The van der Waals surface area contributed by atoms with Gasteiger partial charge < -0.3 is 10.8 Å².